The Hall–Kier alpha value is -1.87. The van der Waals surface area contributed by atoms with Crippen molar-refractivity contribution in [3.63, 3.8) is 0 Å². The van der Waals surface area contributed by atoms with Gasteiger partial charge in [0.1, 0.15) is 5.82 Å². The van der Waals surface area contributed by atoms with Gasteiger partial charge in [-0.1, -0.05) is 42.8 Å². The van der Waals surface area contributed by atoms with E-state index in [2.05, 4.69) is 54.5 Å². The van der Waals surface area contributed by atoms with Crippen LogP contribution in [0.2, 0.25) is 0 Å². The van der Waals surface area contributed by atoms with Crippen LogP contribution in [-0.2, 0) is 6.42 Å². The zero-order valence-electron chi connectivity index (χ0n) is 12.3. The van der Waals surface area contributed by atoms with Crippen LogP contribution in [0, 0.1) is 6.92 Å². The van der Waals surface area contributed by atoms with Gasteiger partial charge in [0.05, 0.1) is 0 Å². The Kier molecular flexibility index (Phi) is 5.13. The maximum Gasteiger partial charge on any atom is 0.126 e. The molecule has 0 amide bonds. The van der Waals surface area contributed by atoms with E-state index in [4.69, 9.17) is 5.73 Å². The lowest BCUT2D eigenvalue weighted by Crippen LogP contribution is -2.24. The van der Waals surface area contributed by atoms with Crippen LogP contribution in [0.1, 0.15) is 36.1 Å². The molecule has 3 nitrogen and oxygen atoms in total. The highest BCUT2D eigenvalue weighted by molar-refractivity contribution is 5.40. The fourth-order valence-corrected chi connectivity index (χ4v) is 2.36. The highest BCUT2D eigenvalue weighted by atomic mass is 14.9. The number of benzene rings is 1. The topological polar surface area (TPSA) is 50.9 Å². The Bertz CT molecular complexity index is 551. The van der Waals surface area contributed by atoms with E-state index in [-0.39, 0.29) is 6.04 Å². The monoisotopic (exact) mass is 269 g/mol. The third-order valence-corrected chi connectivity index (χ3v) is 3.44. The van der Waals surface area contributed by atoms with Crippen molar-refractivity contribution in [3.05, 3.63) is 59.3 Å². The predicted octanol–water partition coefficient (Wildman–Crippen LogP) is 3.26. The second-order valence-corrected chi connectivity index (χ2v) is 5.17. The van der Waals surface area contributed by atoms with Crippen LogP contribution in [0.5, 0.6) is 0 Å². The summed E-state index contributed by atoms with van der Waals surface area (Å²) >= 11 is 0. The summed E-state index contributed by atoms with van der Waals surface area (Å²) in [5, 5.41) is 3.61. The minimum atomic E-state index is 0.279. The minimum absolute atomic E-state index is 0.279. The second-order valence-electron chi connectivity index (χ2n) is 5.17. The van der Waals surface area contributed by atoms with E-state index in [0.717, 1.165) is 24.9 Å². The molecule has 2 rings (SSSR count). The molecule has 0 bridgehead atoms. The molecule has 2 aromatic rings. The van der Waals surface area contributed by atoms with Crippen molar-refractivity contribution < 1.29 is 0 Å². The lowest BCUT2D eigenvalue weighted by Gasteiger charge is -2.20. The van der Waals surface area contributed by atoms with Crippen molar-refractivity contribution in [2.45, 2.75) is 32.7 Å². The van der Waals surface area contributed by atoms with Gasteiger partial charge in [0.25, 0.3) is 0 Å². The summed E-state index contributed by atoms with van der Waals surface area (Å²) in [4.78, 5) is 4.17. The Morgan fingerprint density at radius 3 is 2.80 bits per heavy atom. The maximum absolute atomic E-state index is 5.97. The molecular formula is C17H23N3. The van der Waals surface area contributed by atoms with E-state index >= 15 is 0 Å². The highest BCUT2D eigenvalue weighted by Crippen LogP contribution is 2.21. The van der Waals surface area contributed by atoms with Gasteiger partial charge in [0.15, 0.2) is 0 Å². The van der Waals surface area contributed by atoms with Crippen LogP contribution in [-0.4, -0.2) is 11.5 Å². The summed E-state index contributed by atoms with van der Waals surface area (Å²) < 4.78 is 0. The van der Waals surface area contributed by atoms with Gasteiger partial charge in [-0.2, -0.15) is 0 Å². The van der Waals surface area contributed by atoms with Crippen LogP contribution in [0.4, 0.5) is 5.82 Å². The van der Waals surface area contributed by atoms with Crippen molar-refractivity contribution in [1.29, 1.82) is 0 Å². The first-order valence-electron chi connectivity index (χ1n) is 7.20. The third kappa shape index (κ3) is 3.81. The third-order valence-electron chi connectivity index (χ3n) is 3.44. The van der Waals surface area contributed by atoms with E-state index in [0.29, 0.717) is 5.82 Å². The quantitative estimate of drug-likeness (QED) is 0.846. The Morgan fingerprint density at radius 1 is 1.25 bits per heavy atom. The number of aromatic nitrogens is 1. The summed E-state index contributed by atoms with van der Waals surface area (Å²) in [5.41, 5.74) is 9.66. The number of rotatable bonds is 6. The molecule has 0 fully saturated rings. The number of nitrogens with one attached hydrogen (secondary N) is 1. The molecule has 0 radical (unpaired) electrons. The van der Waals surface area contributed by atoms with Crippen molar-refractivity contribution in [2.75, 3.05) is 12.3 Å². The predicted molar refractivity (Wildman–Crippen MR) is 84.6 cm³/mol. The van der Waals surface area contributed by atoms with Gasteiger partial charge in [-0.3, -0.25) is 0 Å². The summed E-state index contributed by atoms with van der Waals surface area (Å²) in [5.74, 6) is 0.628. The molecule has 106 valence electrons. The molecule has 0 saturated heterocycles. The number of nitrogens with zero attached hydrogens (tertiary/aromatic N) is 1. The molecule has 3 N–H and O–H groups in total. The number of pyridine rings is 1. The standard InChI is InChI=1S/C17H23N3/c1-3-9-19-16(14-7-4-6-13(2)11-14)12-15-8-5-10-20-17(15)18/h4-8,10-11,16,19H,3,9,12H2,1-2H3,(H2,18,20). The number of aryl methyl sites for hydroxylation is 1. The summed E-state index contributed by atoms with van der Waals surface area (Å²) in [6.45, 7) is 5.30. The lowest BCUT2D eigenvalue weighted by atomic mass is 9.97. The molecule has 0 aliphatic heterocycles. The Labute approximate surface area is 121 Å². The van der Waals surface area contributed by atoms with E-state index in [9.17, 15) is 0 Å². The molecule has 1 heterocycles. The maximum atomic E-state index is 5.97. The molecule has 0 aliphatic carbocycles. The van der Waals surface area contributed by atoms with Gasteiger partial charge in [0, 0.05) is 12.2 Å². The van der Waals surface area contributed by atoms with Crippen LogP contribution in [0.3, 0.4) is 0 Å². The zero-order chi connectivity index (χ0) is 14.4. The molecule has 0 saturated carbocycles. The second kappa shape index (κ2) is 7.06. The van der Waals surface area contributed by atoms with Crippen LogP contribution >= 0.6 is 0 Å². The smallest absolute Gasteiger partial charge is 0.126 e. The average molecular weight is 269 g/mol. The first-order chi connectivity index (χ1) is 9.70. The number of nitrogen functional groups attached to an aromatic ring is 1. The Morgan fingerprint density at radius 2 is 2.10 bits per heavy atom. The van der Waals surface area contributed by atoms with Gasteiger partial charge in [0.2, 0.25) is 0 Å². The largest absolute Gasteiger partial charge is 0.383 e. The zero-order valence-corrected chi connectivity index (χ0v) is 12.3. The molecule has 3 heteroatoms. The molecule has 0 aliphatic rings. The van der Waals surface area contributed by atoms with Crippen LogP contribution < -0.4 is 11.1 Å². The summed E-state index contributed by atoms with van der Waals surface area (Å²) in [6, 6.07) is 12.9. The molecule has 0 spiro atoms. The van der Waals surface area contributed by atoms with Gasteiger partial charge in [-0.25, -0.2) is 4.98 Å². The molecular weight excluding hydrogens is 246 g/mol. The number of anilines is 1. The normalized spacial score (nSPS) is 12.3. The first-order valence-corrected chi connectivity index (χ1v) is 7.20. The van der Waals surface area contributed by atoms with E-state index in [1.54, 1.807) is 6.20 Å². The lowest BCUT2D eigenvalue weighted by molar-refractivity contribution is 0.529. The number of hydrogen-bond acceptors (Lipinski definition) is 3. The van der Waals surface area contributed by atoms with Gasteiger partial charge >= 0.3 is 0 Å². The molecule has 20 heavy (non-hydrogen) atoms. The fourth-order valence-electron chi connectivity index (χ4n) is 2.36. The van der Waals surface area contributed by atoms with E-state index < -0.39 is 0 Å². The van der Waals surface area contributed by atoms with Crippen LogP contribution in [0.15, 0.2) is 42.6 Å². The molecule has 1 atom stereocenters. The number of hydrogen-bond donors (Lipinski definition) is 2. The number of nitrogens with two attached hydrogens (primary N) is 1. The van der Waals surface area contributed by atoms with Gasteiger partial charge in [-0.05, 0) is 43.5 Å². The van der Waals surface area contributed by atoms with E-state index in [1.165, 1.54) is 11.1 Å². The molecule has 1 aromatic carbocycles. The van der Waals surface area contributed by atoms with Crippen molar-refractivity contribution in [1.82, 2.24) is 10.3 Å². The average Bonchev–Trinajstić information content (AvgIpc) is 2.45. The summed E-state index contributed by atoms with van der Waals surface area (Å²) in [7, 11) is 0. The minimum Gasteiger partial charge on any atom is -0.383 e. The van der Waals surface area contributed by atoms with Crippen LogP contribution in [0.25, 0.3) is 0 Å². The van der Waals surface area contributed by atoms with Crippen molar-refractivity contribution >= 4 is 5.82 Å². The molecule has 1 unspecified atom stereocenters. The summed E-state index contributed by atoms with van der Waals surface area (Å²) in [6.07, 6.45) is 3.72. The van der Waals surface area contributed by atoms with E-state index in [1.807, 2.05) is 6.07 Å². The first kappa shape index (κ1) is 14.5. The highest BCUT2D eigenvalue weighted by Gasteiger charge is 2.13. The SMILES string of the molecule is CCCNC(Cc1cccnc1N)c1cccc(C)c1. The fraction of sp³-hybridized carbons (Fsp3) is 0.353. The Balaban J connectivity index is 2.21. The van der Waals surface area contributed by atoms with Gasteiger partial charge < -0.3 is 11.1 Å². The molecule has 1 aromatic heterocycles. The van der Waals surface area contributed by atoms with Gasteiger partial charge in [-0.15, -0.1) is 0 Å². The van der Waals surface area contributed by atoms with Crippen molar-refractivity contribution in [3.8, 4) is 0 Å². The van der Waals surface area contributed by atoms with Crippen molar-refractivity contribution in [2.24, 2.45) is 0 Å².